The van der Waals surface area contributed by atoms with Crippen molar-refractivity contribution in [3.63, 3.8) is 0 Å². The van der Waals surface area contributed by atoms with E-state index in [1.54, 1.807) is 0 Å². The van der Waals surface area contributed by atoms with E-state index in [1.807, 2.05) is 11.3 Å². The number of para-hydroxylation sites is 3. The van der Waals surface area contributed by atoms with Gasteiger partial charge in [-0.25, -0.2) is 0 Å². The standard InChI is InChI=1S/C46H29BN2OS/c1-3-14-32(15-4-1)48(34-23-22-30-12-7-8-13-31(30)26-34)35-24-25-36-37-28-43-39(29-45(37)51-44(36)27-35)47-38-18-9-10-19-40(38)49(33-16-5-2-6-17-33)41-20-11-21-42(50-43)46(41)47/h1-29H. The van der Waals surface area contributed by atoms with Crippen molar-refractivity contribution in [2.24, 2.45) is 0 Å². The van der Waals surface area contributed by atoms with Gasteiger partial charge in [-0.3, -0.25) is 0 Å². The summed E-state index contributed by atoms with van der Waals surface area (Å²) in [6.45, 7) is 0.0720. The number of nitrogens with zero attached hydrogens (tertiary/aromatic N) is 2. The number of hydrogen-bond donors (Lipinski definition) is 0. The maximum Gasteiger partial charge on any atom is 0.256 e. The van der Waals surface area contributed by atoms with Crippen molar-refractivity contribution >= 4 is 99.5 Å². The van der Waals surface area contributed by atoms with Crippen molar-refractivity contribution in [2.45, 2.75) is 0 Å². The van der Waals surface area contributed by atoms with Crippen molar-refractivity contribution in [3.05, 3.63) is 176 Å². The molecule has 1 aromatic heterocycles. The predicted octanol–water partition coefficient (Wildman–Crippen LogP) is 11.1. The van der Waals surface area contributed by atoms with Crippen LogP contribution in [0.15, 0.2) is 176 Å². The van der Waals surface area contributed by atoms with Gasteiger partial charge in [0.1, 0.15) is 11.5 Å². The van der Waals surface area contributed by atoms with Gasteiger partial charge in [0.25, 0.3) is 6.71 Å². The van der Waals surface area contributed by atoms with Crippen LogP contribution in [0.5, 0.6) is 11.5 Å². The van der Waals surface area contributed by atoms with Crippen LogP contribution < -0.4 is 30.9 Å². The molecular formula is C46H29BN2OS. The smallest absolute Gasteiger partial charge is 0.256 e. The molecule has 11 rings (SSSR count). The Kier molecular flexibility index (Phi) is 6.22. The van der Waals surface area contributed by atoms with E-state index in [0.717, 1.165) is 34.2 Å². The third-order valence-corrected chi connectivity index (χ3v) is 11.6. The van der Waals surface area contributed by atoms with Crippen molar-refractivity contribution < 1.29 is 4.74 Å². The molecule has 9 aromatic rings. The zero-order valence-corrected chi connectivity index (χ0v) is 28.3. The summed E-state index contributed by atoms with van der Waals surface area (Å²) in [5.41, 5.74) is 10.7. The van der Waals surface area contributed by atoms with E-state index in [9.17, 15) is 0 Å². The predicted molar refractivity (Wildman–Crippen MR) is 217 cm³/mol. The molecule has 0 saturated carbocycles. The average Bonchev–Trinajstić information content (AvgIpc) is 3.54. The van der Waals surface area contributed by atoms with Gasteiger partial charge in [0.05, 0.1) is 0 Å². The van der Waals surface area contributed by atoms with Gasteiger partial charge in [0.2, 0.25) is 0 Å². The molecule has 3 heterocycles. The minimum absolute atomic E-state index is 0.0720. The van der Waals surface area contributed by atoms with Crippen molar-refractivity contribution in [1.29, 1.82) is 0 Å². The Morgan fingerprint density at radius 3 is 2.06 bits per heavy atom. The summed E-state index contributed by atoms with van der Waals surface area (Å²) in [7, 11) is 0. The van der Waals surface area contributed by atoms with Gasteiger partial charge >= 0.3 is 0 Å². The quantitative estimate of drug-likeness (QED) is 0.174. The summed E-state index contributed by atoms with van der Waals surface area (Å²) >= 11 is 1.86. The van der Waals surface area contributed by atoms with Gasteiger partial charge < -0.3 is 14.5 Å². The van der Waals surface area contributed by atoms with Gasteiger partial charge in [0.15, 0.2) is 0 Å². The summed E-state index contributed by atoms with van der Waals surface area (Å²) in [5, 5.41) is 4.94. The molecule has 3 nitrogen and oxygen atoms in total. The Bertz CT molecular complexity index is 2810. The van der Waals surface area contributed by atoms with Gasteiger partial charge in [-0.2, -0.15) is 0 Å². The number of anilines is 6. The minimum atomic E-state index is 0.0720. The fourth-order valence-corrected chi connectivity index (χ4v) is 9.39. The molecule has 8 aromatic carbocycles. The molecule has 0 fully saturated rings. The second-order valence-corrected chi connectivity index (χ2v) is 14.4. The lowest BCUT2D eigenvalue weighted by Crippen LogP contribution is -2.59. The van der Waals surface area contributed by atoms with Crippen LogP contribution in [0.4, 0.5) is 34.1 Å². The van der Waals surface area contributed by atoms with E-state index in [0.29, 0.717) is 0 Å². The molecule has 0 unspecified atom stereocenters. The van der Waals surface area contributed by atoms with Crippen molar-refractivity contribution in [3.8, 4) is 11.5 Å². The molecule has 2 aliphatic heterocycles. The monoisotopic (exact) mass is 668 g/mol. The topological polar surface area (TPSA) is 15.7 Å². The average molecular weight is 669 g/mol. The number of fused-ring (bicyclic) bond motifs is 8. The Hall–Kier alpha value is -6.30. The number of hydrogen-bond acceptors (Lipinski definition) is 4. The molecule has 0 bridgehead atoms. The van der Waals surface area contributed by atoms with Crippen molar-refractivity contribution in [1.82, 2.24) is 0 Å². The minimum Gasteiger partial charge on any atom is -0.458 e. The molecule has 0 spiro atoms. The Balaban J connectivity index is 1.07. The lowest BCUT2D eigenvalue weighted by molar-refractivity contribution is 0.488. The molecule has 5 heteroatoms. The maximum absolute atomic E-state index is 6.83. The fraction of sp³-hybridized carbons (Fsp3) is 0. The number of benzene rings is 8. The van der Waals surface area contributed by atoms with Crippen LogP contribution in [-0.4, -0.2) is 6.71 Å². The highest BCUT2D eigenvalue weighted by Gasteiger charge is 2.41. The first kappa shape index (κ1) is 28.5. The van der Waals surface area contributed by atoms with E-state index in [4.69, 9.17) is 4.74 Å². The van der Waals surface area contributed by atoms with Gasteiger partial charge in [0, 0.05) is 54.3 Å². The van der Waals surface area contributed by atoms with E-state index in [1.165, 1.54) is 58.7 Å². The normalized spacial score (nSPS) is 12.8. The second-order valence-electron chi connectivity index (χ2n) is 13.3. The second kappa shape index (κ2) is 11.1. The summed E-state index contributed by atoms with van der Waals surface area (Å²) in [4.78, 5) is 4.74. The molecule has 51 heavy (non-hydrogen) atoms. The van der Waals surface area contributed by atoms with Crippen LogP contribution in [0.2, 0.25) is 0 Å². The summed E-state index contributed by atoms with van der Waals surface area (Å²) < 4.78 is 9.35. The van der Waals surface area contributed by atoms with Gasteiger partial charge in [-0.1, -0.05) is 97.1 Å². The Labute approximate surface area is 300 Å². The van der Waals surface area contributed by atoms with E-state index in [2.05, 4.69) is 186 Å². The van der Waals surface area contributed by atoms with Crippen LogP contribution in [0, 0.1) is 0 Å². The van der Waals surface area contributed by atoms with Crippen LogP contribution in [0.25, 0.3) is 30.9 Å². The highest BCUT2D eigenvalue weighted by molar-refractivity contribution is 7.26. The lowest BCUT2D eigenvalue weighted by atomic mass is 9.34. The van der Waals surface area contributed by atoms with Gasteiger partial charge in [-0.05, 0) is 106 Å². The third kappa shape index (κ3) is 4.38. The van der Waals surface area contributed by atoms with E-state index in [-0.39, 0.29) is 6.71 Å². The molecule has 2 aliphatic rings. The molecule has 0 amide bonds. The summed E-state index contributed by atoms with van der Waals surface area (Å²) in [6, 6.07) is 63.5. The molecular weight excluding hydrogens is 639 g/mol. The Morgan fingerprint density at radius 2 is 1.18 bits per heavy atom. The first-order chi connectivity index (χ1) is 25.3. The lowest BCUT2D eigenvalue weighted by Gasteiger charge is -2.39. The van der Waals surface area contributed by atoms with E-state index >= 15 is 0 Å². The maximum atomic E-state index is 6.83. The third-order valence-electron chi connectivity index (χ3n) is 10.5. The first-order valence-electron chi connectivity index (χ1n) is 17.4. The van der Waals surface area contributed by atoms with Crippen LogP contribution in [0.1, 0.15) is 0 Å². The largest absolute Gasteiger partial charge is 0.458 e. The van der Waals surface area contributed by atoms with Crippen LogP contribution >= 0.6 is 11.3 Å². The molecule has 0 saturated heterocycles. The fourth-order valence-electron chi connectivity index (χ4n) is 8.22. The van der Waals surface area contributed by atoms with Crippen LogP contribution in [-0.2, 0) is 0 Å². The molecule has 0 N–H and O–H groups in total. The molecule has 238 valence electrons. The SMILES string of the molecule is c1ccc(N(c2ccc3ccccc3c2)c2ccc3c(c2)sc2cc4c(cc23)Oc2cccc3c2B4c2ccccc2N3c2ccccc2)cc1. The zero-order chi connectivity index (χ0) is 33.5. The Morgan fingerprint density at radius 1 is 0.471 bits per heavy atom. The summed E-state index contributed by atoms with van der Waals surface area (Å²) in [6.07, 6.45) is 0. The zero-order valence-electron chi connectivity index (χ0n) is 27.5. The van der Waals surface area contributed by atoms with Gasteiger partial charge in [-0.15, -0.1) is 11.3 Å². The first-order valence-corrected chi connectivity index (χ1v) is 18.2. The highest BCUT2D eigenvalue weighted by atomic mass is 32.1. The molecule has 0 atom stereocenters. The number of thiophene rings is 1. The molecule has 0 aliphatic carbocycles. The molecule has 0 radical (unpaired) electrons. The number of rotatable bonds is 4. The number of ether oxygens (including phenoxy) is 1. The van der Waals surface area contributed by atoms with Crippen molar-refractivity contribution in [2.75, 3.05) is 9.80 Å². The highest BCUT2D eigenvalue weighted by Crippen LogP contribution is 2.44. The van der Waals surface area contributed by atoms with E-state index < -0.39 is 0 Å². The summed E-state index contributed by atoms with van der Waals surface area (Å²) in [5.74, 6) is 1.86. The van der Waals surface area contributed by atoms with Crippen LogP contribution in [0.3, 0.4) is 0 Å².